The fourth-order valence-corrected chi connectivity index (χ4v) is 3.93. The van der Waals surface area contributed by atoms with Crippen molar-refractivity contribution in [3.05, 3.63) is 70.6 Å². The molecule has 0 fully saturated rings. The van der Waals surface area contributed by atoms with E-state index in [1.54, 1.807) is 18.4 Å². The van der Waals surface area contributed by atoms with Crippen molar-refractivity contribution in [1.82, 2.24) is 10.6 Å². The number of hydrogen-bond donors (Lipinski definition) is 3. The number of ether oxygens (including phenoxy) is 1. The van der Waals surface area contributed by atoms with E-state index in [-0.39, 0.29) is 30.1 Å². The SMILES string of the molecule is CN=C(NCc1ccc(COC(C)C)cc1)NCC(O)c1cc2ccccc2s1.I. The standard InChI is InChI=1S/C23H29N3O2S.HI/c1-16(2)28-15-18-10-8-17(9-11-18)13-25-23(24-3)26-14-20(27)22-12-19-6-4-5-7-21(19)29-22;/h4-12,16,20,27H,13-15H2,1-3H3,(H2,24,25,26);1H. The normalized spacial score (nSPS) is 12.6. The minimum atomic E-state index is -0.578. The lowest BCUT2D eigenvalue weighted by atomic mass is 10.1. The molecule has 1 aromatic heterocycles. The first-order chi connectivity index (χ1) is 14.0. The molecule has 0 saturated carbocycles. The van der Waals surface area contributed by atoms with E-state index in [1.807, 2.05) is 32.0 Å². The van der Waals surface area contributed by atoms with Crippen LogP contribution in [0.5, 0.6) is 0 Å². The number of benzene rings is 2. The minimum Gasteiger partial charge on any atom is -0.386 e. The van der Waals surface area contributed by atoms with E-state index in [9.17, 15) is 5.11 Å². The van der Waals surface area contributed by atoms with Crippen molar-refractivity contribution >= 4 is 51.4 Å². The number of nitrogens with zero attached hydrogens (tertiary/aromatic N) is 1. The maximum absolute atomic E-state index is 10.5. The fourth-order valence-electron chi connectivity index (χ4n) is 2.88. The zero-order chi connectivity index (χ0) is 20.6. The van der Waals surface area contributed by atoms with Crippen molar-refractivity contribution in [3.8, 4) is 0 Å². The summed E-state index contributed by atoms with van der Waals surface area (Å²) in [4.78, 5) is 5.20. The highest BCUT2D eigenvalue weighted by atomic mass is 127. The predicted molar refractivity (Wildman–Crippen MR) is 137 cm³/mol. The number of nitrogens with one attached hydrogen (secondary N) is 2. The van der Waals surface area contributed by atoms with Gasteiger partial charge in [0.25, 0.3) is 0 Å². The average molecular weight is 539 g/mol. The van der Waals surface area contributed by atoms with Gasteiger partial charge in [-0.05, 0) is 42.5 Å². The molecular weight excluding hydrogens is 509 g/mol. The van der Waals surface area contributed by atoms with Gasteiger partial charge in [0.1, 0.15) is 6.10 Å². The Morgan fingerprint density at radius 3 is 2.43 bits per heavy atom. The molecule has 0 aliphatic heterocycles. The summed E-state index contributed by atoms with van der Waals surface area (Å²) in [5, 5.41) is 18.2. The van der Waals surface area contributed by atoms with Crippen LogP contribution in [-0.4, -0.2) is 30.8 Å². The van der Waals surface area contributed by atoms with Crippen molar-refractivity contribution in [2.75, 3.05) is 13.6 Å². The van der Waals surface area contributed by atoms with Gasteiger partial charge in [-0.2, -0.15) is 0 Å². The smallest absolute Gasteiger partial charge is 0.191 e. The number of aliphatic hydroxyl groups is 1. The van der Waals surface area contributed by atoms with Gasteiger partial charge in [0.2, 0.25) is 0 Å². The minimum absolute atomic E-state index is 0. The van der Waals surface area contributed by atoms with Crippen molar-refractivity contribution in [2.24, 2.45) is 4.99 Å². The van der Waals surface area contributed by atoms with Gasteiger partial charge in [-0.1, -0.05) is 42.5 Å². The maximum Gasteiger partial charge on any atom is 0.191 e. The second-order valence-electron chi connectivity index (χ2n) is 7.19. The van der Waals surface area contributed by atoms with Crippen LogP contribution in [-0.2, 0) is 17.9 Å². The molecule has 2 aromatic carbocycles. The third-order valence-electron chi connectivity index (χ3n) is 4.53. The number of aliphatic imine (C=N–C) groups is 1. The van der Waals surface area contributed by atoms with Crippen LogP contribution in [0.15, 0.2) is 59.6 Å². The summed E-state index contributed by atoms with van der Waals surface area (Å²) in [6, 6.07) is 18.6. The predicted octanol–water partition coefficient (Wildman–Crippen LogP) is 4.84. The van der Waals surface area contributed by atoms with Crippen LogP contribution >= 0.6 is 35.3 Å². The number of rotatable bonds is 8. The molecule has 1 unspecified atom stereocenters. The van der Waals surface area contributed by atoms with E-state index in [0.717, 1.165) is 21.4 Å². The molecule has 30 heavy (non-hydrogen) atoms. The highest BCUT2D eigenvalue weighted by Gasteiger charge is 2.12. The van der Waals surface area contributed by atoms with Crippen LogP contribution in [0.2, 0.25) is 0 Å². The second kappa shape index (κ2) is 12.2. The van der Waals surface area contributed by atoms with Crippen LogP contribution in [0.3, 0.4) is 0 Å². The first kappa shape index (κ1) is 24.6. The lowest BCUT2D eigenvalue weighted by molar-refractivity contribution is 0.0657. The van der Waals surface area contributed by atoms with Gasteiger partial charge in [-0.3, -0.25) is 4.99 Å². The van der Waals surface area contributed by atoms with Crippen molar-refractivity contribution in [2.45, 2.75) is 39.2 Å². The summed E-state index contributed by atoms with van der Waals surface area (Å²) < 4.78 is 6.81. The van der Waals surface area contributed by atoms with Gasteiger partial charge in [-0.25, -0.2) is 0 Å². The van der Waals surface area contributed by atoms with Crippen molar-refractivity contribution in [3.63, 3.8) is 0 Å². The van der Waals surface area contributed by atoms with Crippen molar-refractivity contribution < 1.29 is 9.84 Å². The number of hydrogen-bond acceptors (Lipinski definition) is 4. The number of aliphatic hydroxyl groups excluding tert-OH is 1. The van der Waals surface area contributed by atoms with Gasteiger partial charge in [0.05, 0.1) is 12.7 Å². The second-order valence-corrected chi connectivity index (χ2v) is 8.30. The van der Waals surface area contributed by atoms with Crippen LogP contribution in [0.25, 0.3) is 10.1 Å². The van der Waals surface area contributed by atoms with Crippen molar-refractivity contribution in [1.29, 1.82) is 0 Å². The van der Waals surface area contributed by atoms with Gasteiger partial charge < -0.3 is 20.5 Å². The molecule has 5 nitrogen and oxygen atoms in total. The van der Waals surface area contributed by atoms with Gasteiger partial charge in [-0.15, -0.1) is 35.3 Å². The molecule has 3 aromatic rings. The summed E-state index contributed by atoms with van der Waals surface area (Å²) in [6.07, 6.45) is -0.347. The molecule has 0 aliphatic carbocycles. The monoisotopic (exact) mass is 539 g/mol. The molecule has 3 rings (SSSR count). The average Bonchev–Trinajstić information content (AvgIpc) is 3.17. The molecule has 0 spiro atoms. The molecule has 1 atom stereocenters. The topological polar surface area (TPSA) is 65.9 Å². The zero-order valence-electron chi connectivity index (χ0n) is 17.6. The quantitative estimate of drug-likeness (QED) is 0.218. The molecule has 1 heterocycles. The summed E-state index contributed by atoms with van der Waals surface area (Å²) in [7, 11) is 1.73. The number of halogens is 1. The Morgan fingerprint density at radius 2 is 1.77 bits per heavy atom. The molecule has 0 amide bonds. The van der Waals surface area contributed by atoms with E-state index in [4.69, 9.17) is 4.74 Å². The molecule has 0 radical (unpaired) electrons. The van der Waals surface area contributed by atoms with Crippen LogP contribution in [0.1, 0.15) is 36.0 Å². The summed E-state index contributed by atoms with van der Waals surface area (Å²) in [6.45, 7) is 5.76. The molecule has 0 saturated heterocycles. The molecule has 3 N–H and O–H groups in total. The summed E-state index contributed by atoms with van der Waals surface area (Å²) >= 11 is 1.62. The van der Waals surface area contributed by atoms with E-state index < -0.39 is 6.10 Å². The molecule has 0 aliphatic rings. The Morgan fingerprint density at radius 1 is 1.07 bits per heavy atom. The highest BCUT2D eigenvalue weighted by Crippen LogP contribution is 2.29. The Labute approximate surface area is 199 Å². The van der Waals surface area contributed by atoms with E-state index in [2.05, 4.69) is 52.0 Å². The lowest BCUT2D eigenvalue weighted by Crippen LogP contribution is -2.38. The van der Waals surface area contributed by atoms with Crippen LogP contribution < -0.4 is 10.6 Å². The van der Waals surface area contributed by atoms with Gasteiger partial charge in [0, 0.05) is 29.7 Å². The van der Waals surface area contributed by atoms with E-state index in [0.29, 0.717) is 25.7 Å². The molecule has 7 heteroatoms. The fraction of sp³-hybridized carbons (Fsp3) is 0.348. The Bertz CT molecular complexity index is 908. The Hall–Kier alpha value is -1.68. The highest BCUT2D eigenvalue weighted by molar-refractivity contribution is 14.0. The van der Waals surface area contributed by atoms with E-state index >= 15 is 0 Å². The Kier molecular flexibility index (Phi) is 10.0. The van der Waals surface area contributed by atoms with Gasteiger partial charge in [0.15, 0.2) is 5.96 Å². The molecular formula is C23H30IN3O2S. The molecule has 0 bridgehead atoms. The summed E-state index contributed by atoms with van der Waals surface area (Å²) in [5.41, 5.74) is 2.32. The largest absolute Gasteiger partial charge is 0.386 e. The van der Waals surface area contributed by atoms with Gasteiger partial charge >= 0.3 is 0 Å². The third kappa shape index (κ3) is 7.23. The zero-order valence-corrected chi connectivity index (χ0v) is 20.7. The Balaban J connectivity index is 0.00000320. The maximum atomic E-state index is 10.5. The lowest BCUT2D eigenvalue weighted by Gasteiger charge is -2.15. The summed E-state index contributed by atoms with van der Waals surface area (Å²) in [5.74, 6) is 0.664. The first-order valence-electron chi connectivity index (χ1n) is 9.85. The third-order valence-corrected chi connectivity index (χ3v) is 5.74. The number of guanidine groups is 1. The molecule has 162 valence electrons. The number of fused-ring (bicyclic) bond motifs is 1. The van der Waals surface area contributed by atoms with E-state index in [1.165, 1.54) is 4.70 Å². The van der Waals surface area contributed by atoms with Crippen LogP contribution in [0, 0.1) is 0 Å². The first-order valence-corrected chi connectivity index (χ1v) is 10.7. The number of thiophene rings is 1. The van der Waals surface area contributed by atoms with Crippen LogP contribution in [0.4, 0.5) is 0 Å².